The third-order valence-electron chi connectivity index (χ3n) is 5.07. The van der Waals surface area contributed by atoms with Crippen LogP contribution in [0.2, 0.25) is 0 Å². The largest absolute Gasteiger partial charge is 0.454 e. The summed E-state index contributed by atoms with van der Waals surface area (Å²) in [4.78, 5) is 24.8. The fourth-order valence-electron chi connectivity index (χ4n) is 3.57. The second-order valence-corrected chi connectivity index (χ2v) is 9.81. The number of carbonyl (C=O) groups is 2. The maximum absolute atomic E-state index is 12.5. The van der Waals surface area contributed by atoms with Crippen LogP contribution in [0.15, 0.2) is 30.3 Å². The summed E-state index contributed by atoms with van der Waals surface area (Å²) < 4.78 is 7.97. The van der Waals surface area contributed by atoms with Gasteiger partial charge in [0.1, 0.15) is 0 Å². The Bertz CT molecular complexity index is 862. The summed E-state index contributed by atoms with van der Waals surface area (Å²) in [5.41, 5.74) is 4.46. The lowest BCUT2D eigenvalue weighted by Gasteiger charge is -2.09. The van der Waals surface area contributed by atoms with E-state index in [9.17, 15) is 9.59 Å². The minimum atomic E-state index is -0.447. The number of hydrogen-bond acceptors (Lipinski definition) is 5. The SMILES string of the molecule is Cc1cc(C(=O)COC(=O)c2ccc(C3SCCS3)cc2)c(C)n1C1CC1. The lowest BCUT2D eigenvalue weighted by Crippen LogP contribution is -2.15. The summed E-state index contributed by atoms with van der Waals surface area (Å²) >= 11 is 3.86. The summed E-state index contributed by atoms with van der Waals surface area (Å²) in [6, 6.07) is 10.00. The van der Waals surface area contributed by atoms with E-state index in [4.69, 9.17) is 4.74 Å². The maximum atomic E-state index is 12.5. The Kier molecular flexibility index (Phi) is 5.37. The smallest absolute Gasteiger partial charge is 0.338 e. The molecule has 1 aromatic heterocycles. The van der Waals surface area contributed by atoms with Gasteiger partial charge in [-0.1, -0.05) is 12.1 Å². The molecule has 0 spiro atoms. The lowest BCUT2D eigenvalue weighted by molar-refractivity contribution is 0.0474. The van der Waals surface area contributed by atoms with E-state index in [1.807, 2.05) is 55.6 Å². The van der Waals surface area contributed by atoms with Gasteiger partial charge in [0.2, 0.25) is 5.78 Å². The van der Waals surface area contributed by atoms with Gasteiger partial charge in [0.05, 0.1) is 10.1 Å². The zero-order chi connectivity index (χ0) is 19.0. The van der Waals surface area contributed by atoms with Crippen LogP contribution >= 0.6 is 23.5 Å². The Morgan fingerprint density at radius 3 is 2.41 bits per heavy atom. The number of ketones is 1. The van der Waals surface area contributed by atoms with Gasteiger partial charge in [-0.3, -0.25) is 4.79 Å². The summed E-state index contributed by atoms with van der Waals surface area (Å²) in [7, 11) is 0. The quantitative estimate of drug-likeness (QED) is 0.506. The minimum Gasteiger partial charge on any atom is -0.454 e. The topological polar surface area (TPSA) is 48.3 Å². The molecule has 6 heteroatoms. The zero-order valence-corrected chi connectivity index (χ0v) is 17.2. The third-order valence-corrected chi connectivity index (χ3v) is 8.18. The number of hydrogen-bond donors (Lipinski definition) is 0. The van der Waals surface area contributed by atoms with Crippen molar-refractivity contribution in [2.45, 2.75) is 37.3 Å². The van der Waals surface area contributed by atoms with E-state index in [2.05, 4.69) is 4.57 Å². The predicted octanol–water partition coefficient (Wildman–Crippen LogP) is 4.96. The zero-order valence-electron chi connectivity index (χ0n) is 15.6. The molecular weight excluding hydrogens is 378 g/mol. The molecule has 0 radical (unpaired) electrons. The molecule has 0 bridgehead atoms. The average Bonchev–Trinajstić information content (AvgIpc) is 3.25. The summed E-state index contributed by atoms with van der Waals surface area (Å²) in [5, 5.41) is 0. The average molecular weight is 402 g/mol. The molecule has 2 aromatic rings. The number of ether oxygens (including phenoxy) is 1. The van der Waals surface area contributed by atoms with Crippen molar-refractivity contribution in [3.05, 3.63) is 58.4 Å². The molecule has 1 aliphatic heterocycles. The summed E-state index contributed by atoms with van der Waals surface area (Å²) in [6.45, 7) is 3.78. The van der Waals surface area contributed by atoms with Crippen molar-refractivity contribution in [1.82, 2.24) is 4.57 Å². The van der Waals surface area contributed by atoms with Gasteiger partial charge in [-0.15, -0.1) is 23.5 Å². The van der Waals surface area contributed by atoms with Crippen LogP contribution in [-0.2, 0) is 4.74 Å². The van der Waals surface area contributed by atoms with Crippen LogP contribution < -0.4 is 0 Å². The van der Waals surface area contributed by atoms with Crippen molar-refractivity contribution in [2.75, 3.05) is 18.1 Å². The number of Topliss-reactive ketones (excluding diaryl/α,β-unsaturated/α-hetero) is 1. The highest BCUT2D eigenvalue weighted by molar-refractivity contribution is 8.19. The van der Waals surface area contributed by atoms with Crippen LogP contribution in [0.3, 0.4) is 0 Å². The second kappa shape index (κ2) is 7.76. The summed E-state index contributed by atoms with van der Waals surface area (Å²) in [5.74, 6) is 1.75. The Hall–Kier alpha value is -1.66. The molecule has 4 nitrogen and oxygen atoms in total. The molecule has 1 aromatic carbocycles. The Labute approximate surface area is 168 Å². The molecule has 1 aliphatic carbocycles. The molecule has 2 heterocycles. The van der Waals surface area contributed by atoms with E-state index in [1.54, 1.807) is 12.1 Å². The van der Waals surface area contributed by atoms with Crippen molar-refractivity contribution in [3.8, 4) is 0 Å². The van der Waals surface area contributed by atoms with E-state index in [1.165, 1.54) is 29.9 Å². The van der Waals surface area contributed by atoms with Crippen LogP contribution in [0.1, 0.15) is 61.1 Å². The van der Waals surface area contributed by atoms with E-state index < -0.39 is 5.97 Å². The number of esters is 1. The van der Waals surface area contributed by atoms with Gasteiger partial charge in [0, 0.05) is 34.5 Å². The lowest BCUT2D eigenvalue weighted by atomic mass is 10.1. The van der Waals surface area contributed by atoms with Gasteiger partial charge in [-0.2, -0.15) is 0 Å². The molecule has 4 rings (SSSR count). The number of aryl methyl sites for hydroxylation is 1. The highest BCUT2D eigenvalue weighted by atomic mass is 32.2. The van der Waals surface area contributed by atoms with Crippen molar-refractivity contribution in [3.63, 3.8) is 0 Å². The van der Waals surface area contributed by atoms with E-state index in [0.29, 0.717) is 21.8 Å². The van der Waals surface area contributed by atoms with Crippen molar-refractivity contribution >= 4 is 35.3 Å². The van der Waals surface area contributed by atoms with Crippen LogP contribution in [0.5, 0.6) is 0 Å². The molecular formula is C21H23NO3S2. The third kappa shape index (κ3) is 3.97. The van der Waals surface area contributed by atoms with Crippen LogP contribution in [0.4, 0.5) is 0 Å². The van der Waals surface area contributed by atoms with Gasteiger partial charge in [0.25, 0.3) is 0 Å². The van der Waals surface area contributed by atoms with Crippen molar-refractivity contribution < 1.29 is 14.3 Å². The van der Waals surface area contributed by atoms with Gasteiger partial charge >= 0.3 is 5.97 Å². The molecule has 2 fully saturated rings. The molecule has 1 saturated heterocycles. The molecule has 2 aliphatic rings. The minimum absolute atomic E-state index is 0.140. The van der Waals surface area contributed by atoms with Crippen molar-refractivity contribution in [2.24, 2.45) is 0 Å². The fraction of sp³-hybridized carbons (Fsp3) is 0.429. The van der Waals surface area contributed by atoms with Gasteiger partial charge in [-0.25, -0.2) is 4.79 Å². The monoisotopic (exact) mass is 401 g/mol. The number of thioether (sulfide) groups is 2. The maximum Gasteiger partial charge on any atom is 0.338 e. The highest BCUT2D eigenvalue weighted by Gasteiger charge is 2.28. The standard InChI is InChI=1S/C21H23NO3S2/c1-13-11-18(14(2)22(13)17-7-8-17)19(23)12-25-20(24)15-3-5-16(6-4-15)21-26-9-10-27-21/h3-6,11,17,21H,7-10,12H2,1-2H3. The van der Waals surface area contributed by atoms with Gasteiger partial charge < -0.3 is 9.30 Å². The molecule has 1 saturated carbocycles. The fourth-order valence-corrected chi connectivity index (χ4v) is 6.43. The van der Waals surface area contributed by atoms with Crippen LogP contribution in [-0.4, -0.2) is 34.4 Å². The van der Waals surface area contributed by atoms with Crippen LogP contribution in [0.25, 0.3) is 0 Å². The first-order valence-corrected chi connectivity index (χ1v) is 11.4. The molecule has 0 N–H and O–H groups in total. The van der Waals surface area contributed by atoms with Crippen molar-refractivity contribution in [1.29, 1.82) is 0 Å². The first kappa shape index (κ1) is 18.7. The number of carbonyl (C=O) groups excluding carboxylic acids is 2. The number of nitrogens with zero attached hydrogens (tertiary/aromatic N) is 1. The van der Waals surface area contributed by atoms with E-state index >= 15 is 0 Å². The normalized spacial score (nSPS) is 17.3. The van der Waals surface area contributed by atoms with E-state index in [0.717, 1.165) is 11.4 Å². The van der Waals surface area contributed by atoms with Gasteiger partial charge in [0.15, 0.2) is 6.61 Å². The Morgan fingerprint density at radius 1 is 1.11 bits per heavy atom. The Balaban J connectivity index is 1.37. The molecule has 0 unspecified atom stereocenters. The number of aromatic nitrogens is 1. The molecule has 27 heavy (non-hydrogen) atoms. The number of benzene rings is 1. The molecule has 0 amide bonds. The predicted molar refractivity (Wildman–Crippen MR) is 111 cm³/mol. The summed E-state index contributed by atoms with van der Waals surface area (Å²) in [6.07, 6.45) is 2.35. The number of rotatable bonds is 6. The molecule has 142 valence electrons. The first-order valence-electron chi connectivity index (χ1n) is 9.26. The highest BCUT2D eigenvalue weighted by Crippen LogP contribution is 2.45. The Morgan fingerprint density at radius 2 is 1.78 bits per heavy atom. The van der Waals surface area contributed by atoms with Crippen LogP contribution in [0, 0.1) is 13.8 Å². The second-order valence-electron chi connectivity index (χ2n) is 7.08. The van der Waals surface area contributed by atoms with E-state index in [-0.39, 0.29) is 12.4 Å². The first-order chi connectivity index (χ1) is 13.0. The molecule has 0 atom stereocenters. The van der Waals surface area contributed by atoms with Gasteiger partial charge in [-0.05, 0) is 50.5 Å².